The molecule has 0 saturated carbocycles. The zero-order valence-electron chi connectivity index (χ0n) is 6.88. The van der Waals surface area contributed by atoms with Crippen LogP contribution in [0.25, 0.3) is 0 Å². The number of aryl methyl sites for hydroxylation is 1. The van der Waals surface area contributed by atoms with Crippen LogP contribution in [0.1, 0.15) is 5.56 Å². The van der Waals surface area contributed by atoms with Crippen LogP contribution < -0.4 is 0 Å². The average Bonchev–Trinajstić information content (AvgIpc) is 2.02. The Bertz CT molecular complexity index is 334. The molecule has 5 heteroatoms. The molecule has 0 spiro atoms. The van der Waals surface area contributed by atoms with Crippen LogP contribution in [0.5, 0.6) is 0 Å². The highest BCUT2D eigenvalue weighted by Gasteiger charge is 2.03. The van der Waals surface area contributed by atoms with Crippen molar-refractivity contribution in [2.45, 2.75) is 6.42 Å². The smallest absolute Gasteiger partial charge is 0.265 e. The van der Waals surface area contributed by atoms with Crippen molar-refractivity contribution in [1.29, 1.82) is 0 Å². The summed E-state index contributed by atoms with van der Waals surface area (Å²) in [4.78, 5) is 0. The van der Waals surface area contributed by atoms with Crippen LogP contribution in [-0.2, 0) is 16.5 Å². The summed E-state index contributed by atoms with van der Waals surface area (Å²) in [5.41, 5.74) is 0.912. The number of hydrogen-bond donors (Lipinski definition) is 1. The van der Waals surface area contributed by atoms with Crippen LogP contribution in [-0.4, -0.2) is 18.7 Å². The molecular formula is C8H11FO3S. The minimum atomic E-state index is -3.82. The Kier molecular flexibility index (Phi) is 4.58. The molecule has 0 radical (unpaired) electrons. The van der Waals surface area contributed by atoms with Gasteiger partial charge in [0.2, 0.25) is 0 Å². The summed E-state index contributed by atoms with van der Waals surface area (Å²) < 4.78 is 29.2. The van der Waals surface area contributed by atoms with Gasteiger partial charge in [0.1, 0.15) is 0 Å². The summed E-state index contributed by atoms with van der Waals surface area (Å²) >= 11 is 0. The zero-order chi connectivity index (χ0) is 9.03. The van der Waals surface area contributed by atoms with Crippen molar-refractivity contribution in [3.8, 4) is 0 Å². The van der Waals surface area contributed by atoms with Gasteiger partial charge in [-0.15, -0.1) is 0 Å². The van der Waals surface area contributed by atoms with Crippen molar-refractivity contribution in [2.24, 2.45) is 0 Å². The molecule has 0 atom stereocenters. The Morgan fingerprint density at radius 3 is 2.15 bits per heavy atom. The zero-order valence-corrected chi connectivity index (χ0v) is 7.70. The van der Waals surface area contributed by atoms with Crippen LogP contribution in [0.3, 0.4) is 0 Å². The molecule has 0 saturated heterocycles. The molecule has 0 unspecified atom stereocenters. The molecule has 0 aliphatic carbocycles. The van der Waals surface area contributed by atoms with Crippen LogP contribution in [0.15, 0.2) is 30.3 Å². The maximum absolute atomic E-state index is 10.4. The fraction of sp³-hybridized carbons (Fsp3) is 0.250. The van der Waals surface area contributed by atoms with Gasteiger partial charge in [-0.05, 0) is 12.0 Å². The molecule has 3 nitrogen and oxygen atoms in total. The first-order valence-electron chi connectivity index (χ1n) is 3.57. The van der Waals surface area contributed by atoms with Gasteiger partial charge in [-0.2, -0.15) is 8.42 Å². The molecule has 0 aromatic heterocycles. The first-order chi connectivity index (χ1) is 5.58. The lowest BCUT2D eigenvalue weighted by Crippen LogP contribution is -2.06. The first kappa shape index (κ1) is 12.1. The lowest BCUT2D eigenvalue weighted by molar-refractivity contribution is 0.482. The molecule has 1 N–H and O–H groups in total. The maximum atomic E-state index is 10.4. The maximum Gasteiger partial charge on any atom is 0.265 e. The van der Waals surface area contributed by atoms with E-state index in [-0.39, 0.29) is 10.5 Å². The van der Waals surface area contributed by atoms with Gasteiger partial charge >= 0.3 is 0 Å². The summed E-state index contributed by atoms with van der Waals surface area (Å²) in [5, 5.41) is 0. The second kappa shape index (κ2) is 4.94. The Hall–Kier alpha value is -0.940. The van der Waals surface area contributed by atoms with E-state index < -0.39 is 10.1 Å². The fourth-order valence-corrected chi connectivity index (χ4v) is 1.39. The fourth-order valence-electron chi connectivity index (χ4n) is 0.892. The predicted molar refractivity (Wildman–Crippen MR) is 49.1 cm³/mol. The minimum absolute atomic E-state index is 0. The van der Waals surface area contributed by atoms with Crippen LogP contribution in [0.4, 0.5) is 4.70 Å². The summed E-state index contributed by atoms with van der Waals surface area (Å²) in [6, 6.07) is 9.17. The van der Waals surface area contributed by atoms with Crippen LogP contribution >= 0.6 is 0 Å². The number of hydrogen-bond acceptors (Lipinski definition) is 2. The molecular weight excluding hydrogens is 195 g/mol. The van der Waals surface area contributed by atoms with Gasteiger partial charge in [-0.1, -0.05) is 30.3 Å². The Balaban J connectivity index is 0.00000144. The van der Waals surface area contributed by atoms with Crippen molar-refractivity contribution in [1.82, 2.24) is 0 Å². The van der Waals surface area contributed by atoms with E-state index in [0.29, 0.717) is 6.42 Å². The quantitative estimate of drug-likeness (QED) is 0.758. The Labute approximate surface area is 76.5 Å². The normalized spacial score (nSPS) is 10.5. The van der Waals surface area contributed by atoms with Gasteiger partial charge in [0, 0.05) is 0 Å². The summed E-state index contributed by atoms with van der Waals surface area (Å²) in [6.45, 7) is 0. The number of halogens is 1. The first-order valence-corrected chi connectivity index (χ1v) is 5.18. The minimum Gasteiger partial charge on any atom is -0.286 e. The van der Waals surface area contributed by atoms with E-state index in [1.54, 1.807) is 0 Å². The van der Waals surface area contributed by atoms with Gasteiger partial charge in [-0.25, -0.2) is 0 Å². The van der Waals surface area contributed by atoms with Crippen LogP contribution in [0.2, 0.25) is 0 Å². The molecule has 0 aliphatic heterocycles. The molecule has 1 rings (SSSR count). The largest absolute Gasteiger partial charge is 0.286 e. The van der Waals surface area contributed by atoms with Crippen molar-refractivity contribution < 1.29 is 17.7 Å². The molecule has 0 amide bonds. The van der Waals surface area contributed by atoms with Gasteiger partial charge in [0.05, 0.1) is 5.75 Å². The van der Waals surface area contributed by atoms with Crippen molar-refractivity contribution in [3.63, 3.8) is 0 Å². The van der Waals surface area contributed by atoms with Crippen molar-refractivity contribution in [2.75, 3.05) is 5.75 Å². The van der Waals surface area contributed by atoms with Gasteiger partial charge < -0.3 is 0 Å². The third-order valence-corrected chi connectivity index (χ3v) is 2.21. The van der Waals surface area contributed by atoms with Gasteiger partial charge in [0.25, 0.3) is 10.1 Å². The molecule has 74 valence electrons. The molecule has 0 heterocycles. The summed E-state index contributed by atoms with van der Waals surface area (Å²) in [5.74, 6) is -0.211. The highest BCUT2D eigenvalue weighted by molar-refractivity contribution is 7.85. The third-order valence-electron chi connectivity index (χ3n) is 1.49. The highest BCUT2D eigenvalue weighted by Crippen LogP contribution is 2.00. The van der Waals surface area contributed by atoms with Gasteiger partial charge in [0.15, 0.2) is 0 Å². The molecule has 0 fully saturated rings. The van der Waals surface area contributed by atoms with Gasteiger partial charge in [-0.3, -0.25) is 9.26 Å². The number of benzene rings is 1. The van der Waals surface area contributed by atoms with E-state index in [1.165, 1.54) is 0 Å². The molecule has 1 aromatic carbocycles. The Morgan fingerprint density at radius 2 is 1.69 bits per heavy atom. The number of rotatable bonds is 3. The topological polar surface area (TPSA) is 54.4 Å². The third kappa shape index (κ3) is 5.32. The molecule has 13 heavy (non-hydrogen) atoms. The Morgan fingerprint density at radius 1 is 1.15 bits per heavy atom. The monoisotopic (exact) mass is 206 g/mol. The average molecular weight is 206 g/mol. The van der Waals surface area contributed by atoms with Crippen LogP contribution in [0, 0.1) is 0 Å². The summed E-state index contributed by atoms with van der Waals surface area (Å²) in [6.07, 6.45) is 0.361. The van der Waals surface area contributed by atoms with E-state index >= 15 is 0 Å². The summed E-state index contributed by atoms with van der Waals surface area (Å²) in [7, 11) is -3.82. The van der Waals surface area contributed by atoms with E-state index in [0.717, 1.165) is 5.56 Å². The molecule has 0 bridgehead atoms. The predicted octanol–water partition coefficient (Wildman–Crippen LogP) is 1.27. The molecule has 0 aliphatic rings. The highest BCUT2D eigenvalue weighted by atomic mass is 32.2. The van der Waals surface area contributed by atoms with Crippen molar-refractivity contribution >= 4 is 10.1 Å². The SMILES string of the molecule is F.O=S(=O)(O)CCc1ccccc1. The van der Waals surface area contributed by atoms with E-state index in [2.05, 4.69) is 0 Å². The molecule has 1 aromatic rings. The second-order valence-corrected chi connectivity index (χ2v) is 4.09. The standard InChI is InChI=1S/C8H10O3S.FH/c9-12(10,11)7-6-8-4-2-1-3-5-8;/h1-5H,6-7H2,(H,9,10,11);1H. The lowest BCUT2D eigenvalue weighted by Gasteiger charge is -1.97. The van der Waals surface area contributed by atoms with E-state index in [1.807, 2.05) is 30.3 Å². The van der Waals surface area contributed by atoms with E-state index in [4.69, 9.17) is 4.55 Å². The lowest BCUT2D eigenvalue weighted by atomic mass is 10.2. The second-order valence-electron chi connectivity index (χ2n) is 2.52. The van der Waals surface area contributed by atoms with E-state index in [9.17, 15) is 8.42 Å². The van der Waals surface area contributed by atoms with Crippen molar-refractivity contribution in [3.05, 3.63) is 35.9 Å².